The van der Waals surface area contributed by atoms with Crippen LogP contribution in [0.15, 0.2) is 192 Å². The first-order valence-corrected chi connectivity index (χ1v) is 19.1. The lowest BCUT2D eigenvalue weighted by atomic mass is 9.70. The van der Waals surface area contributed by atoms with E-state index in [1.54, 1.807) is 0 Å². The molecule has 2 aliphatic rings. The van der Waals surface area contributed by atoms with E-state index in [2.05, 4.69) is 180 Å². The van der Waals surface area contributed by atoms with E-state index < -0.39 is 5.41 Å². The monoisotopic (exact) mass is 697 g/mol. The smallest absolute Gasteiger partial charge is 0.136 e. The van der Waals surface area contributed by atoms with Crippen LogP contribution < -0.4 is 0 Å². The first-order valence-electron chi connectivity index (χ1n) is 19.1. The van der Waals surface area contributed by atoms with Crippen molar-refractivity contribution in [1.82, 2.24) is 4.57 Å². The molecule has 0 amide bonds. The average Bonchev–Trinajstić information content (AvgIpc) is 3.96. The standard InChI is InChI=1S/C53H31NO/c1-2-15-36-32(12-1)25-27-48-52(36)43-30-42-39-18-5-9-22-46(39)53(44-20-7-3-16-37(44)38-17-4-8-21-45(38)53)47(42)31-49(43)54(48)35-14-11-13-33(28-35)34-24-26-41-40-19-6-10-23-50(40)55-51(41)29-34/h1-31H. The second-order valence-electron chi connectivity index (χ2n) is 15.2. The van der Waals surface area contributed by atoms with Crippen molar-refractivity contribution in [2.75, 3.05) is 0 Å². The molecule has 0 bridgehead atoms. The van der Waals surface area contributed by atoms with Crippen LogP contribution in [-0.2, 0) is 5.41 Å². The zero-order chi connectivity index (χ0) is 35.8. The highest BCUT2D eigenvalue weighted by atomic mass is 16.3. The first kappa shape index (κ1) is 29.3. The molecule has 254 valence electrons. The van der Waals surface area contributed by atoms with Crippen molar-refractivity contribution in [2.24, 2.45) is 0 Å². The van der Waals surface area contributed by atoms with Gasteiger partial charge < -0.3 is 8.98 Å². The highest BCUT2D eigenvalue weighted by molar-refractivity contribution is 6.22. The Balaban J connectivity index is 1.13. The number of hydrogen-bond acceptors (Lipinski definition) is 1. The predicted molar refractivity (Wildman–Crippen MR) is 227 cm³/mol. The van der Waals surface area contributed by atoms with E-state index in [4.69, 9.17) is 4.42 Å². The van der Waals surface area contributed by atoms with Gasteiger partial charge in [-0.05, 0) is 115 Å². The molecule has 2 aromatic heterocycles. The second-order valence-corrected chi connectivity index (χ2v) is 15.2. The molecule has 2 aliphatic carbocycles. The third-order valence-electron chi connectivity index (χ3n) is 12.6. The number of fused-ring (bicyclic) bond motifs is 18. The molecule has 0 saturated carbocycles. The number of benzene rings is 9. The zero-order valence-electron chi connectivity index (χ0n) is 29.8. The van der Waals surface area contributed by atoms with Gasteiger partial charge in [0.05, 0.1) is 16.4 Å². The molecule has 2 heterocycles. The summed E-state index contributed by atoms with van der Waals surface area (Å²) in [4.78, 5) is 0. The Morgan fingerprint density at radius 2 is 1.00 bits per heavy atom. The van der Waals surface area contributed by atoms with Crippen molar-refractivity contribution < 1.29 is 4.42 Å². The Hall–Kier alpha value is -7.16. The Morgan fingerprint density at radius 1 is 0.364 bits per heavy atom. The van der Waals surface area contributed by atoms with Gasteiger partial charge in [0.15, 0.2) is 0 Å². The maximum Gasteiger partial charge on any atom is 0.136 e. The van der Waals surface area contributed by atoms with Crippen LogP contribution in [0.1, 0.15) is 22.3 Å². The quantitative estimate of drug-likeness (QED) is 0.176. The van der Waals surface area contributed by atoms with Gasteiger partial charge in [-0.15, -0.1) is 0 Å². The third-order valence-corrected chi connectivity index (χ3v) is 12.6. The fraction of sp³-hybridized carbons (Fsp3) is 0.0189. The first-order chi connectivity index (χ1) is 27.3. The molecule has 0 aliphatic heterocycles. The van der Waals surface area contributed by atoms with E-state index in [0.29, 0.717) is 0 Å². The lowest BCUT2D eigenvalue weighted by Gasteiger charge is -2.30. The van der Waals surface area contributed by atoms with Crippen LogP contribution >= 0.6 is 0 Å². The summed E-state index contributed by atoms with van der Waals surface area (Å²) >= 11 is 0. The summed E-state index contributed by atoms with van der Waals surface area (Å²) in [6.07, 6.45) is 0. The van der Waals surface area contributed by atoms with Gasteiger partial charge in [-0.25, -0.2) is 0 Å². The van der Waals surface area contributed by atoms with Crippen molar-refractivity contribution in [3.05, 3.63) is 210 Å². The molecule has 0 fully saturated rings. The minimum atomic E-state index is -0.416. The summed E-state index contributed by atoms with van der Waals surface area (Å²) in [5, 5.41) is 7.37. The summed E-state index contributed by atoms with van der Waals surface area (Å²) in [6, 6.07) is 69.6. The SMILES string of the molecule is c1cc(-c2ccc3c(c2)oc2ccccc23)cc(-n2c3cc4c(cc3c3c5ccccc5ccc32)-c2ccccc2C42c3ccccc3-c3ccccc32)c1. The van der Waals surface area contributed by atoms with Crippen molar-refractivity contribution in [3.63, 3.8) is 0 Å². The van der Waals surface area contributed by atoms with Crippen LogP contribution in [0.2, 0.25) is 0 Å². The summed E-state index contributed by atoms with van der Waals surface area (Å²) in [5.74, 6) is 0. The summed E-state index contributed by atoms with van der Waals surface area (Å²) < 4.78 is 8.84. The van der Waals surface area contributed by atoms with Crippen LogP contribution in [0.4, 0.5) is 0 Å². The van der Waals surface area contributed by atoms with Crippen LogP contribution in [0, 0.1) is 0 Å². The Morgan fingerprint density at radius 3 is 1.78 bits per heavy atom. The summed E-state index contributed by atoms with van der Waals surface area (Å²) in [7, 11) is 0. The van der Waals surface area contributed by atoms with Gasteiger partial charge in [0, 0.05) is 27.2 Å². The molecule has 55 heavy (non-hydrogen) atoms. The van der Waals surface area contributed by atoms with Gasteiger partial charge in [-0.3, -0.25) is 0 Å². The molecule has 2 heteroatoms. The van der Waals surface area contributed by atoms with Crippen molar-refractivity contribution >= 4 is 54.5 Å². The molecule has 0 unspecified atom stereocenters. The van der Waals surface area contributed by atoms with Gasteiger partial charge >= 0.3 is 0 Å². The van der Waals surface area contributed by atoms with E-state index >= 15 is 0 Å². The van der Waals surface area contributed by atoms with Gasteiger partial charge in [-0.2, -0.15) is 0 Å². The van der Waals surface area contributed by atoms with E-state index in [1.807, 2.05) is 12.1 Å². The van der Waals surface area contributed by atoms with Gasteiger partial charge in [0.25, 0.3) is 0 Å². The molecule has 0 N–H and O–H groups in total. The van der Waals surface area contributed by atoms with Crippen LogP contribution in [0.5, 0.6) is 0 Å². The number of aromatic nitrogens is 1. The molecule has 13 rings (SSSR count). The summed E-state index contributed by atoms with van der Waals surface area (Å²) in [6.45, 7) is 0. The predicted octanol–water partition coefficient (Wildman–Crippen LogP) is 13.8. The molecule has 1 spiro atoms. The van der Waals surface area contributed by atoms with Crippen LogP contribution in [0.3, 0.4) is 0 Å². The molecular weight excluding hydrogens is 667 g/mol. The normalized spacial score (nSPS) is 13.6. The minimum absolute atomic E-state index is 0.416. The molecule has 0 atom stereocenters. The van der Waals surface area contributed by atoms with Crippen LogP contribution in [-0.4, -0.2) is 4.57 Å². The molecule has 9 aromatic carbocycles. The van der Waals surface area contributed by atoms with Gasteiger partial charge in [0.1, 0.15) is 11.2 Å². The van der Waals surface area contributed by atoms with Crippen molar-refractivity contribution in [3.8, 4) is 39.1 Å². The fourth-order valence-corrected chi connectivity index (χ4v) is 10.4. The van der Waals surface area contributed by atoms with E-state index in [-0.39, 0.29) is 0 Å². The largest absolute Gasteiger partial charge is 0.456 e. The molecule has 11 aromatic rings. The molecular formula is C53H31NO. The lowest BCUT2D eigenvalue weighted by Crippen LogP contribution is -2.25. The average molecular weight is 698 g/mol. The summed E-state index contributed by atoms with van der Waals surface area (Å²) in [5.41, 5.74) is 17.9. The Labute approximate surface area is 317 Å². The van der Waals surface area contributed by atoms with Crippen molar-refractivity contribution in [2.45, 2.75) is 5.41 Å². The molecule has 0 saturated heterocycles. The van der Waals surface area contributed by atoms with Crippen LogP contribution in [0.25, 0.3) is 93.6 Å². The van der Waals surface area contributed by atoms with E-state index in [9.17, 15) is 0 Å². The number of hydrogen-bond donors (Lipinski definition) is 0. The third kappa shape index (κ3) is 3.69. The zero-order valence-corrected chi connectivity index (χ0v) is 29.8. The van der Waals surface area contributed by atoms with Gasteiger partial charge in [-0.1, -0.05) is 140 Å². The van der Waals surface area contributed by atoms with E-state index in [0.717, 1.165) is 38.8 Å². The number of furan rings is 1. The lowest BCUT2D eigenvalue weighted by molar-refractivity contribution is 0.669. The number of rotatable bonds is 2. The number of para-hydroxylation sites is 1. The molecule has 2 nitrogen and oxygen atoms in total. The highest BCUT2D eigenvalue weighted by Crippen LogP contribution is 2.63. The number of nitrogens with zero attached hydrogens (tertiary/aromatic N) is 1. The minimum Gasteiger partial charge on any atom is -0.456 e. The second kappa shape index (κ2) is 10.5. The Kier molecular flexibility index (Phi) is 5.59. The van der Waals surface area contributed by atoms with Gasteiger partial charge in [0.2, 0.25) is 0 Å². The maximum atomic E-state index is 6.33. The fourth-order valence-electron chi connectivity index (χ4n) is 10.4. The molecule has 0 radical (unpaired) electrons. The van der Waals surface area contributed by atoms with E-state index in [1.165, 1.54) is 77.1 Å². The highest BCUT2D eigenvalue weighted by Gasteiger charge is 2.51. The topological polar surface area (TPSA) is 18.1 Å². The Bertz CT molecular complexity index is 3400. The maximum absolute atomic E-state index is 6.33. The van der Waals surface area contributed by atoms with Crippen molar-refractivity contribution in [1.29, 1.82) is 0 Å².